The molecule has 6 nitrogen and oxygen atoms in total. The van der Waals surface area contributed by atoms with Crippen LogP contribution >= 0.6 is 0 Å². The smallest absolute Gasteiger partial charge is 0.257 e. The first-order valence-corrected chi connectivity index (χ1v) is 7.56. The van der Waals surface area contributed by atoms with E-state index < -0.39 is 0 Å². The van der Waals surface area contributed by atoms with Gasteiger partial charge in [0.05, 0.1) is 11.7 Å². The number of hydrogen-bond acceptors (Lipinski definition) is 4. The largest absolute Gasteiger partial charge is 0.508 e. The van der Waals surface area contributed by atoms with E-state index in [1.54, 1.807) is 42.0 Å². The van der Waals surface area contributed by atoms with Gasteiger partial charge in [0.1, 0.15) is 11.3 Å². The van der Waals surface area contributed by atoms with Crippen LogP contribution in [0.5, 0.6) is 5.75 Å². The third kappa shape index (κ3) is 2.14. The highest BCUT2D eigenvalue weighted by Crippen LogP contribution is 2.36. The zero-order chi connectivity index (χ0) is 16.0. The van der Waals surface area contributed by atoms with Crippen molar-refractivity contribution in [3.8, 4) is 5.75 Å². The average Bonchev–Trinajstić information content (AvgIpc) is 3.08. The van der Waals surface area contributed by atoms with Gasteiger partial charge < -0.3 is 10.4 Å². The van der Waals surface area contributed by atoms with Crippen molar-refractivity contribution in [3.63, 3.8) is 0 Å². The minimum Gasteiger partial charge on any atom is -0.508 e. The Labute approximate surface area is 132 Å². The number of carbonyl (C=O) groups excluding carboxylic acids is 1. The quantitative estimate of drug-likeness (QED) is 0.760. The third-order valence-corrected chi connectivity index (χ3v) is 4.35. The van der Waals surface area contributed by atoms with Gasteiger partial charge in [-0.1, -0.05) is 12.1 Å². The predicted molar refractivity (Wildman–Crippen MR) is 84.4 cm³/mol. The average molecular weight is 308 g/mol. The minimum absolute atomic E-state index is 0.0948. The first kappa shape index (κ1) is 13.8. The highest BCUT2D eigenvalue weighted by Gasteiger charge is 2.28. The molecule has 3 aromatic rings. The number of aryl methyl sites for hydroxylation is 1. The Balaban J connectivity index is 1.67. The predicted octanol–water partition coefficient (Wildman–Crippen LogP) is 2.16. The normalized spacial score (nSPS) is 16.5. The van der Waals surface area contributed by atoms with Gasteiger partial charge in [-0.15, -0.1) is 0 Å². The van der Waals surface area contributed by atoms with Crippen molar-refractivity contribution in [1.82, 2.24) is 19.9 Å². The molecule has 116 valence electrons. The molecule has 0 bridgehead atoms. The van der Waals surface area contributed by atoms with Gasteiger partial charge >= 0.3 is 0 Å². The Morgan fingerprint density at radius 3 is 3.13 bits per heavy atom. The molecule has 2 N–H and O–H groups in total. The molecule has 4 rings (SSSR count). The number of amides is 1. The summed E-state index contributed by atoms with van der Waals surface area (Å²) in [7, 11) is 0. The number of rotatable bonds is 2. The fraction of sp³-hybridized carbons (Fsp3) is 0.235. The lowest BCUT2D eigenvalue weighted by Crippen LogP contribution is -2.27. The molecular formula is C17H16N4O2. The van der Waals surface area contributed by atoms with E-state index in [9.17, 15) is 9.90 Å². The monoisotopic (exact) mass is 308 g/mol. The van der Waals surface area contributed by atoms with Crippen LogP contribution in [0.15, 0.2) is 36.7 Å². The number of aromatic nitrogens is 3. The van der Waals surface area contributed by atoms with Crippen molar-refractivity contribution >= 4 is 11.6 Å². The van der Waals surface area contributed by atoms with Crippen LogP contribution in [0.1, 0.15) is 39.6 Å². The van der Waals surface area contributed by atoms with Gasteiger partial charge in [0.25, 0.3) is 5.91 Å². The molecule has 0 saturated carbocycles. The Bertz CT molecular complexity index is 916. The highest BCUT2D eigenvalue weighted by molar-refractivity contribution is 6.01. The molecule has 1 amide bonds. The van der Waals surface area contributed by atoms with E-state index >= 15 is 0 Å². The molecule has 1 atom stereocenters. The molecule has 23 heavy (non-hydrogen) atoms. The molecule has 2 aromatic heterocycles. The Hall–Kier alpha value is -2.89. The maximum Gasteiger partial charge on any atom is 0.257 e. The van der Waals surface area contributed by atoms with Crippen molar-refractivity contribution in [2.75, 3.05) is 0 Å². The second-order valence-electron chi connectivity index (χ2n) is 5.76. The van der Waals surface area contributed by atoms with Gasteiger partial charge in [0.2, 0.25) is 0 Å². The van der Waals surface area contributed by atoms with E-state index in [4.69, 9.17) is 0 Å². The first-order chi connectivity index (χ1) is 11.1. The number of fused-ring (bicyclic) bond motifs is 2. The molecule has 1 aliphatic rings. The van der Waals surface area contributed by atoms with Crippen LogP contribution in [0.2, 0.25) is 0 Å². The summed E-state index contributed by atoms with van der Waals surface area (Å²) in [5, 5.41) is 17.3. The summed E-state index contributed by atoms with van der Waals surface area (Å²) in [4.78, 5) is 17.0. The number of phenols is 1. The zero-order valence-electron chi connectivity index (χ0n) is 12.7. The number of nitrogens with zero attached hydrogens (tertiary/aromatic N) is 3. The van der Waals surface area contributed by atoms with Crippen molar-refractivity contribution in [1.29, 1.82) is 0 Å². The molecule has 2 heterocycles. The van der Waals surface area contributed by atoms with Crippen molar-refractivity contribution in [2.45, 2.75) is 25.8 Å². The topological polar surface area (TPSA) is 79.5 Å². The summed E-state index contributed by atoms with van der Waals surface area (Å²) in [6.07, 6.45) is 4.97. The molecule has 1 aromatic carbocycles. The standard InChI is InChI=1S/C17H16N4O2/c1-10-15(16-18-8-3-9-21(16)20-10)17(23)19-13-7-6-12-11(13)4-2-5-14(12)22/h2-5,8-9,13,22H,6-7H2,1H3,(H,19,23)/t13-/m1/s1. The molecule has 1 aliphatic carbocycles. The fourth-order valence-corrected chi connectivity index (χ4v) is 3.28. The molecule has 6 heteroatoms. The summed E-state index contributed by atoms with van der Waals surface area (Å²) < 4.78 is 1.61. The van der Waals surface area contributed by atoms with Crippen LogP contribution < -0.4 is 5.32 Å². The summed E-state index contributed by atoms with van der Waals surface area (Å²) in [5.74, 6) is 0.116. The van der Waals surface area contributed by atoms with Gasteiger partial charge in [0.15, 0.2) is 5.65 Å². The number of hydrogen-bond donors (Lipinski definition) is 2. The minimum atomic E-state index is -0.183. The lowest BCUT2D eigenvalue weighted by Gasteiger charge is -2.14. The van der Waals surface area contributed by atoms with Crippen LogP contribution in [0, 0.1) is 6.92 Å². The number of phenolic OH excluding ortho intramolecular Hbond substituents is 1. The van der Waals surface area contributed by atoms with Crippen molar-refractivity contribution < 1.29 is 9.90 Å². The van der Waals surface area contributed by atoms with Gasteiger partial charge in [-0.05, 0) is 43.0 Å². The van der Waals surface area contributed by atoms with Gasteiger partial charge in [-0.3, -0.25) is 4.79 Å². The first-order valence-electron chi connectivity index (χ1n) is 7.56. The zero-order valence-corrected chi connectivity index (χ0v) is 12.7. The Kier molecular flexibility index (Phi) is 3.04. The highest BCUT2D eigenvalue weighted by atomic mass is 16.3. The van der Waals surface area contributed by atoms with E-state index in [2.05, 4.69) is 15.4 Å². The van der Waals surface area contributed by atoms with Gasteiger partial charge in [-0.2, -0.15) is 5.10 Å². The van der Waals surface area contributed by atoms with Crippen LogP contribution in [0.4, 0.5) is 0 Å². The van der Waals surface area contributed by atoms with Crippen molar-refractivity contribution in [3.05, 3.63) is 59.0 Å². The fourth-order valence-electron chi connectivity index (χ4n) is 3.28. The maximum atomic E-state index is 12.7. The molecule has 0 radical (unpaired) electrons. The second kappa shape index (κ2) is 5.08. The molecule has 0 fully saturated rings. The maximum absolute atomic E-state index is 12.7. The summed E-state index contributed by atoms with van der Waals surface area (Å²) in [6.45, 7) is 1.80. The Morgan fingerprint density at radius 1 is 1.39 bits per heavy atom. The number of carbonyl (C=O) groups is 1. The molecule has 0 spiro atoms. The lowest BCUT2D eigenvalue weighted by atomic mass is 10.1. The van der Waals surface area contributed by atoms with Crippen LogP contribution in [-0.2, 0) is 6.42 Å². The van der Waals surface area contributed by atoms with Gasteiger partial charge in [0, 0.05) is 12.4 Å². The van der Waals surface area contributed by atoms with E-state index in [1.165, 1.54) is 0 Å². The van der Waals surface area contributed by atoms with E-state index in [0.717, 1.165) is 24.0 Å². The summed E-state index contributed by atoms with van der Waals surface area (Å²) in [5.41, 5.74) is 3.61. The summed E-state index contributed by atoms with van der Waals surface area (Å²) in [6, 6.07) is 7.12. The number of benzene rings is 1. The molecule has 0 aliphatic heterocycles. The number of nitrogens with one attached hydrogen (secondary N) is 1. The van der Waals surface area contributed by atoms with Crippen molar-refractivity contribution in [2.24, 2.45) is 0 Å². The van der Waals surface area contributed by atoms with E-state index in [1.807, 2.05) is 6.07 Å². The SMILES string of the molecule is Cc1nn2cccnc2c1C(=O)N[C@@H]1CCc2c(O)cccc21. The van der Waals surface area contributed by atoms with Crippen LogP contribution in [0.3, 0.4) is 0 Å². The van der Waals surface area contributed by atoms with E-state index in [-0.39, 0.29) is 11.9 Å². The molecular weight excluding hydrogens is 292 g/mol. The molecule has 0 unspecified atom stereocenters. The summed E-state index contributed by atoms with van der Waals surface area (Å²) >= 11 is 0. The van der Waals surface area contributed by atoms with Crippen LogP contribution in [0.25, 0.3) is 5.65 Å². The molecule has 0 saturated heterocycles. The lowest BCUT2D eigenvalue weighted by molar-refractivity contribution is 0.0937. The number of aromatic hydroxyl groups is 1. The Morgan fingerprint density at radius 2 is 2.26 bits per heavy atom. The van der Waals surface area contributed by atoms with E-state index in [0.29, 0.717) is 22.7 Å². The van der Waals surface area contributed by atoms with Crippen LogP contribution in [-0.4, -0.2) is 25.6 Å². The second-order valence-corrected chi connectivity index (χ2v) is 5.76. The van der Waals surface area contributed by atoms with Gasteiger partial charge in [-0.25, -0.2) is 9.50 Å². The third-order valence-electron chi connectivity index (χ3n) is 4.35.